The second kappa shape index (κ2) is 58.3. The van der Waals surface area contributed by atoms with Crippen LogP contribution in [0.25, 0.3) is 0 Å². The van der Waals surface area contributed by atoms with Crippen molar-refractivity contribution in [2.24, 2.45) is 11.8 Å². The van der Waals surface area contributed by atoms with Gasteiger partial charge in [-0.2, -0.15) is 0 Å². The first-order valence-corrected chi connectivity index (χ1v) is 30.6. The molecular weight excluding hydrogens is 925 g/mol. The minimum absolute atomic E-state index is 0.0816. The van der Waals surface area contributed by atoms with Gasteiger partial charge in [0.1, 0.15) is 0 Å². The lowest BCUT2D eigenvalue weighted by atomic mass is 10.1. The normalized spacial score (nSPS) is 14.4. The highest BCUT2D eigenvalue weighted by Crippen LogP contribution is 2.21. The number of hydrogen-bond donors (Lipinski definition) is 4. The summed E-state index contributed by atoms with van der Waals surface area (Å²) < 4.78 is 0. The number of nitrogens with zero attached hydrogens (tertiary/aromatic N) is 2. The molecule has 2 aliphatic rings. The Morgan fingerprint density at radius 3 is 0.757 bits per heavy atom. The first-order chi connectivity index (χ1) is 36.2. The maximum absolute atomic E-state index is 12.4. The largest absolute Gasteiger partial charge is 0.359 e. The van der Waals surface area contributed by atoms with Crippen molar-refractivity contribution >= 4 is 37.5 Å². The summed E-state index contributed by atoms with van der Waals surface area (Å²) in [7, 11) is 0. The van der Waals surface area contributed by atoms with E-state index in [1.165, 1.54) is 180 Å². The van der Waals surface area contributed by atoms with Gasteiger partial charge in [0.2, 0.25) is 25.6 Å². The molecule has 3 rings (SSSR count). The number of likely N-dealkylation sites (tertiary alicyclic amines) is 2. The maximum atomic E-state index is 12.4. The predicted molar refractivity (Wildman–Crippen MR) is 313 cm³/mol. The number of benzene rings is 1. The fraction of sp³-hybridized carbons (Fsp3) is 0.806. The predicted octanol–water partition coefficient (Wildman–Crippen LogP) is 14.1. The maximum Gasteiger partial charge on any atom is 0.253 e. The van der Waals surface area contributed by atoms with Gasteiger partial charge in [-0.15, -0.1) is 0 Å². The van der Waals surface area contributed by atoms with Gasteiger partial charge in [-0.05, 0) is 74.6 Å². The molecule has 0 saturated carbocycles. The highest BCUT2D eigenvalue weighted by atomic mass is 16.2. The van der Waals surface area contributed by atoms with Crippen molar-refractivity contribution in [3.05, 3.63) is 35.4 Å². The number of nitrogens with one attached hydrogen (secondary N) is 4. The molecule has 0 spiro atoms. The second-order valence-electron chi connectivity index (χ2n) is 21.1. The molecule has 4 N–H and O–H groups in total. The lowest BCUT2D eigenvalue weighted by molar-refractivity contribution is -0.110. The van der Waals surface area contributed by atoms with Crippen molar-refractivity contribution in [2.45, 2.75) is 260 Å². The molecule has 74 heavy (non-hydrogen) atoms. The SMILES string of the molecule is CC1CCN(C(=O)c2ccc(C(=O)N3CCC(C)C3)cc2)C1.CCCCCCCCCCNC=O.CCCCCCCCCCNC=O.CCCCCCCCCCNC=O.CCCCCCCCCCNC=O. The van der Waals surface area contributed by atoms with E-state index in [-0.39, 0.29) is 11.8 Å². The summed E-state index contributed by atoms with van der Waals surface area (Å²) in [6.45, 7) is 20.0. The Morgan fingerprint density at radius 2 is 0.581 bits per heavy atom. The van der Waals surface area contributed by atoms with Gasteiger partial charge in [0.15, 0.2) is 0 Å². The standard InChI is InChI=1S/C18H24N2O2.4C11H23NO/c1-13-7-9-19(11-13)17(21)15-3-5-16(6-4-15)18(22)20-10-8-14(2)12-20;4*1-2-3-4-5-6-7-8-9-10-12-11-13/h3-6,13-14H,7-12H2,1-2H3;4*11H,2-10H2,1H3,(H,12,13). The van der Waals surface area contributed by atoms with E-state index in [0.717, 1.165) is 117 Å². The number of rotatable bonds is 42. The molecule has 2 saturated heterocycles. The molecule has 1 aromatic carbocycles. The summed E-state index contributed by atoms with van der Waals surface area (Å²) in [6.07, 6.45) is 47.5. The zero-order chi connectivity index (χ0) is 54.8. The van der Waals surface area contributed by atoms with E-state index in [0.29, 0.717) is 23.0 Å². The van der Waals surface area contributed by atoms with Crippen molar-refractivity contribution in [1.82, 2.24) is 31.1 Å². The highest BCUT2D eigenvalue weighted by Gasteiger charge is 2.26. The average Bonchev–Trinajstić information content (AvgIpc) is 4.07. The van der Waals surface area contributed by atoms with Gasteiger partial charge in [0.05, 0.1) is 0 Å². The van der Waals surface area contributed by atoms with Gasteiger partial charge in [0.25, 0.3) is 11.8 Å². The molecule has 0 aromatic heterocycles. The minimum atomic E-state index is 0.0816. The molecule has 2 atom stereocenters. The third-order valence-corrected chi connectivity index (χ3v) is 13.8. The van der Waals surface area contributed by atoms with Gasteiger partial charge in [-0.1, -0.05) is 221 Å². The third-order valence-electron chi connectivity index (χ3n) is 13.8. The number of carbonyl (C=O) groups excluding carboxylic acids is 6. The molecule has 2 unspecified atom stereocenters. The molecule has 0 bridgehead atoms. The summed E-state index contributed by atoms with van der Waals surface area (Å²) in [5, 5.41) is 10.7. The molecule has 2 heterocycles. The molecule has 430 valence electrons. The van der Waals surface area contributed by atoms with Crippen molar-refractivity contribution in [2.75, 3.05) is 52.4 Å². The van der Waals surface area contributed by atoms with E-state index < -0.39 is 0 Å². The Labute approximate surface area is 455 Å². The van der Waals surface area contributed by atoms with Gasteiger partial charge >= 0.3 is 0 Å². The van der Waals surface area contributed by atoms with E-state index >= 15 is 0 Å². The monoisotopic (exact) mass is 1040 g/mol. The van der Waals surface area contributed by atoms with Crippen LogP contribution in [0.5, 0.6) is 0 Å². The summed E-state index contributed by atoms with van der Waals surface area (Å²) >= 11 is 0. The van der Waals surface area contributed by atoms with Crippen LogP contribution in [0.15, 0.2) is 24.3 Å². The van der Waals surface area contributed by atoms with Crippen molar-refractivity contribution < 1.29 is 28.8 Å². The quantitative estimate of drug-likeness (QED) is 0.0377. The fourth-order valence-corrected chi connectivity index (χ4v) is 9.04. The summed E-state index contributed by atoms with van der Waals surface area (Å²) in [4.78, 5) is 68.2. The van der Waals surface area contributed by atoms with E-state index in [9.17, 15) is 28.8 Å². The number of hydrogen-bond acceptors (Lipinski definition) is 6. The Hall–Kier alpha value is -3.96. The summed E-state index contributed by atoms with van der Waals surface area (Å²) in [5.41, 5.74) is 1.36. The molecule has 0 aliphatic carbocycles. The number of unbranched alkanes of at least 4 members (excludes halogenated alkanes) is 28. The number of carbonyl (C=O) groups is 6. The fourth-order valence-electron chi connectivity index (χ4n) is 9.04. The van der Waals surface area contributed by atoms with Gasteiger partial charge < -0.3 is 31.1 Å². The van der Waals surface area contributed by atoms with Crippen molar-refractivity contribution in [3.63, 3.8) is 0 Å². The molecule has 1 aromatic rings. The van der Waals surface area contributed by atoms with Crippen molar-refractivity contribution in [1.29, 1.82) is 0 Å². The van der Waals surface area contributed by atoms with Crippen molar-refractivity contribution in [3.8, 4) is 0 Å². The van der Waals surface area contributed by atoms with Crippen LogP contribution in [0.1, 0.15) is 281 Å². The molecule has 6 amide bonds. The highest BCUT2D eigenvalue weighted by molar-refractivity contribution is 5.98. The third kappa shape index (κ3) is 47.7. The van der Waals surface area contributed by atoms with Crippen LogP contribution in [0, 0.1) is 11.8 Å². The van der Waals surface area contributed by atoms with E-state index in [4.69, 9.17) is 0 Å². The van der Waals surface area contributed by atoms with Gasteiger partial charge in [-0.3, -0.25) is 28.8 Å². The van der Waals surface area contributed by atoms with E-state index in [1.807, 2.05) is 9.80 Å². The molecule has 2 fully saturated rings. The lowest BCUT2D eigenvalue weighted by Crippen LogP contribution is -2.29. The molecule has 12 nitrogen and oxygen atoms in total. The Bertz CT molecular complexity index is 1240. The summed E-state index contributed by atoms with van der Waals surface area (Å²) in [6, 6.07) is 7.16. The van der Waals surface area contributed by atoms with E-state index in [1.54, 1.807) is 24.3 Å². The number of amides is 6. The minimum Gasteiger partial charge on any atom is -0.359 e. The van der Waals surface area contributed by atoms with Crippen LogP contribution in [0.4, 0.5) is 0 Å². The molecule has 0 radical (unpaired) electrons. The van der Waals surface area contributed by atoms with Gasteiger partial charge in [-0.25, -0.2) is 0 Å². The first kappa shape index (κ1) is 72.1. The average molecular weight is 1040 g/mol. The van der Waals surface area contributed by atoms with Crippen LogP contribution >= 0.6 is 0 Å². The Morgan fingerprint density at radius 1 is 0.378 bits per heavy atom. The first-order valence-electron chi connectivity index (χ1n) is 30.6. The topological polar surface area (TPSA) is 157 Å². The molecule has 12 heteroatoms. The second-order valence-corrected chi connectivity index (χ2v) is 21.1. The van der Waals surface area contributed by atoms with Gasteiger partial charge in [0, 0.05) is 63.5 Å². The Balaban J connectivity index is 0. The molecule has 2 aliphatic heterocycles. The van der Waals surface area contributed by atoms with Crippen LogP contribution in [-0.2, 0) is 19.2 Å². The van der Waals surface area contributed by atoms with Crippen LogP contribution in [0.3, 0.4) is 0 Å². The molecular formula is C62H116N6O6. The van der Waals surface area contributed by atoms with Crippen LogP contribution in [0.2, 0.25) is 0 Å². The van der Waals surface area contributed by atoms with Crippen LogP contribution < -0.4 is 21.3 Å². The van der Waals surface area contributed by atoms with Crippen LogP contribution in [-0.4, -0.2) is 99.6 Å². The lowest BCUT2D eigenvalue weighted by Gasteiger charge is -2.17. The Kier molecular flexibility index (Phi) is 56.8. The smallest absolute Gasteiger partial charge is 0.253 e. The summed E-state index contributed by atoms with van der Waals surface area (Å²) in [5.74, 6) is 1.33. The zero-order valence-corrected chi connectivity index (χ0v) is 48.8. The van der Waals surface area contributed by atoms with E-state index in [2.05, 4.69) is 62.8 Å². The zero-order valence-electron chi connectivity index (χ0n) is 48.8.